The van der Waals surface area contributed by atoms with Crippen LogP contribution >= 0.6 is 0 Å². The Morgan fingerprint density at radius 1 is 0.700 bits per heavy atom. The Bertz CT molecular complexity index is 913. The molecule has 2 aromatic carbocycles. The van der Waals surface area contributed by atoms with Crippen molar-refractivity contribution >= 4 is 17.9 Å². The van der Waals surface area contributed by atoms with Crippen molar-refractivity contribution in [3.63, 3.8) is 0 Å². The number of Topliss-reactive ketones (excluding diaryl/α,β-unsaturated/α-hetero) is 1. The van der Waals surface area contributed by atoms with Gasteiger partial charge in [0.25, 0.3) is 0 Å². The normalized spacial score (nSPS) is 17.7. The number of ether oxygens (including phenoxy) is 2. The molecule has 0 amide bonds. The molecule has 3 heteroatoms. The first kappa shape index (κ1) is 21.4. The Morgan fingerprint density at radius 2 is 1.13 bits per heavy atom. The first-order valence-corrected chi connectivity index (χ1v) is 10.3. The number of hydrogen-bond acceptors (Lipinski definition) is 3. The van der Waals surface area contributed by atoms with Crippen LogP contribution in [-0.2, 0) is 4.79 Å². The zero-order valence-corrected chi connectivity index (χ0v) is 17.6. The lowest BCUT2D eigenvalue weighted by atomic mass is 10.0. The smallest absolute Gasteiger partial charge is 0.184 e. The van der Waals surface area contributed by atoms with Crippen molar-refractivity contribution in [2.24, 2.45) is 0 Å². The summed E-state index contributed by atoms with van der Waals surface area (Å²) < 4.78 is 10.8. The van der Waals surface area contributed by atoms with Crippen LogP contribution in [0.15, 0.2) is 84.0 Å². The molecule has 0 aliphatic heterocycles. The van der Waals surface area contributed by atoms with E-state index in [9.17, 15) is 4.79 Å². The predicted molar refractivity (Wildman–Crippen MR) is 124 cm³/mol. The van der Waals surface area contributed by atoms with E-state index in [1.807, 2.05) is 85.0 Å². The topological polar surface area (TPSA) is 35.5 Å². The second-order valence-corrected chi connectivity index (χ2v) is 7.12. The maximum Gasteiger partial charge on any atom is 0.184 e. The van der Waals surface area contributed by atoms with Crippen molar-refractivity contribution in [3.05, 3.63) is 95.1 Å². The van der Waals surface area contributed by atoms with Gasteiger partial charge in [-0.05, 0) is 49.0 Å². The van der Waals surface area contributed by atoms with Gasteiger partial charge in [-0.25, -0.2) is 0 Å². The summed E-state index contributed by atoms with van der Waals surface area (Å²) in [6.07, 6.45) is 15.4. The lowest BCUT2D eigenvalue weighted by molar-refractivity contribution is -0.112. The molecule has 154 valence electrons. The molecule has 1 aliphatic carbocycles. The zero-order valence-electron chi connectivity index (χ0n) is 17.6. The first-order chi connectivity index (χ1) is 14.7. The van der Waals surface area contributed by atoms with Gasteiger partial charge in [-0.15, -0.1) is 0 Å². The molecule has 0 N–H and O–H groups in total. The number of allylic oxidation sites excluding steroid dienone is 6. The SMILES string of the molecule is COc1ccccc1/C=C/C=C1\CCCC/C(=C\C=C\c2ccccc2OC)C1=O. The summed E-state index contributed by atoms with van der Waals surface area (Å²) in [5, 5.41) is 0. The van der Waals surface area contributed by atoms with Crippen LogP contribution in [0.4, 0.5) is 0 Å². The third-order valence-electron chi connectivity index (χ3n) is 5.15. The van der Waals surface area contributed by atoms with Crippen LogP contribution in [-0.4, -0.2) is 20.0 Å². The summed E-state index contributed by atoms with van der Waals surface area (Å²) in [5.41, 5.74) is 3.70. The first-order valence-electron chi connectivity index (χ1n) is 10.3. The van der Waals surface area contributed by atoms with E-state index in [2.05, 4.69) is 0 Å². The molecule has 1 saturated carbocycles. The minimum absolute atomic E-state index is 0.141. The van der Waals surface area contributed by atoms with Crippen LogP contribution in [0.5, 0.6) is 11.5 Å². The second kappa shape index (κ2) is 11.0. The predicted octanol–water partition coefficient (Wildman–Crippen LogP) is 6.43. The fourth-order valence-electron chi connectivity index (χ4n) is 3.53. The summed E-state index contributed by atoms with van der Waals surface area (Å²) in [6, 6.07) is 15.7. The summed E-state index contributed by atoms with van der Waals surface area (Å²) in [7, 11) is 3.32. The molecule has 1 aliphatic rings. The fraction of sp³-hybridized carbons (Fsp3) is 0.222. The van der Waals surface area contributed by atoms with E-state index in [-0.39, 0.29) is 5.78 Å². The minimum Gasteiger partial charge on any atom is -0.496 e. The van der Waals surface area contributed by atoms with Crippen molar-refractivity contribution in [3.8, 4) is 11.5 Å². The van der Waals surface area contributed by atoms with Gasteiger partial charge in [0.1, 0.15) is 11.5 Å². The highest BCUT2D eigenvalue weighted by atomic mass is 16.5. The Kier molecular flexibility index (Phi) is 7.85. The molecule has 1 fully saturated rings. The zero-order chi connectivity index (χ0) is 21.2. The Labute approximate surface area is 179 Å². The van der Waals surface area contributed by atoms with Crippen molar-refractivity contribution < 1.29 is 14.3 Å². The quantitative estimate of drug-likeness (QED) is 0.414. The number of rotatable bonds is 6. The molecular weight excluding hydrogens is 372 g/mol. The van der Waals surface area contributed by atoms with E-state index in [0.717, 1.165) is 59.5 Å². The van der Waals surface area contributed by atoms with Gasteiger partial charge in [0.2, 0.25) is 0 Å². The van der Waals surface area contributed by atoms with Crippen molar-refractivity contribution in [1.29, 1.82) is 0 Å². The standard InChI is InChI=1S/C27H28O3/c1-29-25-19-7-5-11-21(25)15-9-17-23-13-3-4-14-24(27(23)28)18-10-16-22-12-6-8-20-26(22)30-2/h5-12,15-20H,3-4,13-14H2,1-2H3/b15-9+,16-10+,23-17+,24-18+. The molecule has 0 unspecified atom stereocenters. The molecule has 0 heterocycles. The van der Waals surface area contributed by atoms with E-state index in [4.69, 9.17) is 9.47 Å². The Morgan fingerprint density at radius 3 is 1.57 bits per heavy atom. The lowest BCUT2D eigenvalue weighted by Crippen LogP contribution is -2.03. The van der Waals surface area contributed by atoms with E-state index in [1.54, 1.807) is 14.2 Å². The van der Waals surface area contributed by atoms with Gasteiger partial charge >= 0.3 is 0 Å². The molecule has 3 rings (SSSR count). The van der Waals surface area contributed by atoms with Gasteiger partial charge in [-0.3, -0.25) is 4.79 Å². The molecular formula is C27H28O3. The van der Waals surface area contributed by atoms with E-state index >= 15 is 0 Å². The van der Waals surface area contributed by atoms with Crippen LogP contribution in [0, 0.1) is 0 Å². The number of methoxy groups -OCH3 is 2. The van der Waals surface area contributed by atoms with Crippen molar-refractivity contribution in [2.75, 3.05) is 14.2 Å². The van der Waals surface area contributed by atoms with Gasteiger partial charge in [-0.2, -0.15) is 0 Å². The van der Waals surface area contributed by atoms with Gasteiger partial charge in [-0.1, -0.05) is 72.9 Å². The number of hydrogen-bond donors (Lipinski definition) is 0. The van der Waals surface area contributed by atoms with Crippen molar-refractivity contribution in [1.82, 2.24) is 0 Å². The highest BCUT2D eigenvalue weighted by Gasteiger charge is 2.17. The molecule has 0 bridgehead atoms. The van der Waals surface area contributed by atoms with Gasteiger partial charge < -0.3 is 9.47 Å². The number of para-hydroxylation sites is 2. The summed E-state index contributed by atoms with van der Waals surface area (Å²) in [4.78, 5) is 13.0. The molecule has 2 aromatic rings. The molecule has 0 aromatic heterocycles. The van der Waals surface area contributed by atoms with E-state index < -0.39 is 0 Å². The monoisotopic (exact) mass is 400 g/mol. The molecule has 3 nitrogen and oxygen atoms in total. The van der Waals surface area contributed by atoms with Crippen molar-refractivity contribution in [2.45, 2.75) is 25.7 Å². The summed E-state index contributed by atoms with van der Waals surface area (Å²) in [5.74, 6) is 1.78. The molecule has 30 heavy (non-hydrogen) atoms. The van der Waals surface area contributed by atoms with Crippen LogP contribution in [0.25, 0.3) is 12.2 Å². The highest BCUT2D eigenvalue weighted by molar-refractivity contribution is 6.08. The second-order valence-electron chi connectivity index (χ2n) is 7.12. The molecule has 0 spiro atoms. The van der Waals surface area contributed by atoms with E-state index in [0.29, 0.717) is 0 Å². The average molecular weight is 401 g/mol. The third-order valence-corrected chi connectivity index (χ3v) is 5.15. The van der Waals surface area contributed by atoms with E-state index in [1.165, 1.54) is 0 Å². The van der Waals surface area contributed by atoms with Gasteiger partial charge in [0, 0.05) is 11.1 Å². The fourth-order valence-corrected chi connectivity index (χ4v) is 3.53. The maximum atomic E-state index is 13.0. The van der Waals surface area contributed by atoms with Gasteiger partial charge in [0.15, 0.2) is 5.78 Å². The average Bonchev–Trinajstić information content (AvgIpc) is 2.96. The Hall–Kier alpha value is -3.33. The van der Waals surface area contributed by atoms with Crippen LogP contribution in [0.3, 0.4) is 0 Å². The number of benzene rings is 2. The lowest BCUT2D eigenvalue weighted by Gasteiger charge is -2.04. The summed E-state index contributed by atoms with van der Waals surface area (Å²) >= 11 is 0. The number of carbonyl (C=O) groups is 1. The minimum atomic E-state index is 0.141. The third kappa shape index (κ3) is 5.60. The number of ketones is 1. The maximum absolute atomic E-state index is 13.0. The molecule has 0 saturated heterocycles. The van der Waals surface area contributed by atoms with Crippen LogP contribution < -0.4 is 9.47 Å². The van der Waals surface area contributed by atoms with Gasteiger partial charge in [0.05, 0.1) is 14.2 Å². The van der Waals surface area contributed by atoms with Crippen LogP contribution in [0.2, 0.25) is 0 Å². The van der Waals surface area contributed by atoms with Crippen LogP contribution in [0.1, 0.15) is 36.8 Å². The molecule has 0 atom stereocenters. The number of carbonyl (C=O) groups excluding carboxylic acids is 1. The molecule has 0 radical (unpaired) electrons. The summed E-state index contributed by atoms with van der Waals surface area (Å²) in [6.45, 7) is 0. The largest absolute Gasteiger partial charge is 0.496 e. The Balaban J connectivity index is 1.77. The highest BCUT2D eigenvalue weighted by Crippen LogP contribution is 2.25.